The van der Waals surface area contributed by atoms with Crippen molar-refractivity contribution >= 4 is 23.8 Å². The van der Waals surface area contributed by atoms with E-state index in [1.807, 2.05) is 12.1 Å². The van der Waals surface area contributed by atoms with Gasteiger partial charge in [-0.1, -0.05) is 24.3 Å². The Morgan fingerprint density at radius 1 is 1.24 bits per heavy atom. The second kappa shape index (κ2) is 6.85. The molecule has 0 heterocycles. The predicted molar refractivity (Wildman–Crippen MR) is 83.5 cm³/mol. The van der Waals surface area contributed by atoms with Crippen molar-refractivity contribution in [1.29, 1.82) is 0 Å². The largest absolute Gasteiger partial charge is 0.481 e. The van der Waals surface area contributed by atoms with Gasteiger partial charge >= 0.3 is 12.0 Å². The van der Waals surface area contributed by atoms with E-state index in [1.165, 1.54) is 0 Å². The summed E-state index contributed by atoms with van der Waals surface area (Å²) in [5, 5.41) is 14.5. The van der Waals surface area contributed by atoms with E-state index in [9.17, 15) is 9.59 Å². The smallest absolute Gasteiger partial charge is 0.315 e. The molecule has 1 aromatic carbocycles. The van der Waals surface area contributed by atoms with Crippen molar-refractivity contribution < 1.29 is 14.7 Å². The second-order valence-corrected chi connectivity index (χ2v) is 6.54. The summed E-state index contributed by atoms with van der Waals surface area (Å²) in [5.74, 6) is -0.873. The van der Waals surface area contributed by atoms with Crippen LogP contribution in [0.4, 0.5) is 4.79 Å². The molecule has 1 aliphatic rings. The zero-order chi connectivity index (χ0) is 15.3. The van der Waals surface area contributed by atoms with Crippen molar-refractivity contribution in [3.8, 4) is 0 Å². The molecule has 6 heteroatoms. The summed E-state index contributed by atoms with van der Waals surface area (Å²) in [7, 11) is 0. The van der Waals surface area contributed by atoms with Gasteiger partial charge in [-0.3, -0.25) is 4.79 Å². The molecule has 2 amide bonds. The molecular weight excluding hydrogens is 288 g/mol. The van der Waals surface area contributed by atoms with Gasteiger partial charge in [0.15, 0.2) is 0 Å². The van der Waals surface area contributed by atoms with Gasteiger partial charge in [0.1, 0.15) is 0 Å². The van der Waals surface area contributed by atoms with Crippen LogP contribution in [0.2, 0.25) is 0 Å². The van der Waals surface area contributed by atoms with Gasteiger partial charge in [-0.2, -0.15) is 11.8 Å². The van der Waals surface area contributed by atoms with Crippen LogP contribution in [0, 0.1) is 0 Å². The molecule has 1 fully saturated rings. The Hall–Kier alpha value is -1.69. The van der Waals surface area contributed by atoms with E-state index in [0.29, 0.717) is 13.1 Å². The summed E-state index contributed by atoms with van der Waals surface area (Å²) >= 11 is 1.80. The minimum Gasteiger partial charge on any atom is -0.481 e. The standard InChI is InChI=1S/C15H20N2O3S/c1-21-15(6-7-15)10-17-14(20)16-9-12-5-3-2-4-11(12)8-13(18)19/h2-5H,6-10H2,1H3,(H,18,19)(H2,16,17,20). The molecular formula is C15H20N2O3S. The topological polar surface area (TPSA) is 78.4 Å². The number of rotatable bonds is 7. The SMILES string of the molecule is CSC1(CNC(=O)NCc2ccccc2CC(=O)O)CC1. The van der Waals surface area contributed by atoms with Crippen molar-refractivity contribution in [1.82, 2.24) is 10.6 Å². The van der Waals surface area contributed by atoms with Gasteiger partial charge in [0.05, 0.1) is 6.42 Å². The summed E-state index contributed by atoms with van der Waals surface area (Å²) in [4.78, 5) is 22.6. The highest BCUT2D eigenvalue weighted by molar-refractivity contribution is 8.00. The van der Waals surface area contributed by atoms with E-state index >= 15 is 0 Å². The zero-order valence-electron chi connectivity index (χ0n) is 12.0. The second-order valence-electron chi connectivity index (χ2n) is 5.26. The Bertz CT molecular complexity index is 529. The van der Waals surface area contributed by atoms with Gasteiger partial charge < -0.3 is 15.7 Å². The van der Waals surface area contributed by atoms with Crippen LogP contribution in [0.1, 0.15) is 24.0 Å². The Morgan fingerprint density at radius 3 is 2.48 bits per heavy atom. The van der Waals surface area contributed by atoms with Crippen LogP contribution in [-0.2, 0) is 17.8 Å². The van der Waals surface area contributed by atoms with E-state index in [0.717, 1.165) is 24.0 Å². The number of hydrogen-bond donors (Lipinski definition) is 3. The van der Waals surface area contributed by atoms with E-state index < -0.39 is 5.97 Å². The summed E-state index contributed by atoms with van der Waals surface area (Å²) < 4.78 is 0.235. The van der Waals surface area contributed by atoms with E-state index in [2.05, 4.69) is 16.9 Å². The molecule has 2 rings (SSSR count). The predicted octanol–water partition coefficient (Wildman–Crippen LogP) is 2.01. The number of thioether (sulfide) groups is 1. The molecule has 1 saturated carbocycles. The zero-order valence-corrected chi connectivity index (χ0v) is 12.8. The summed E-state index contributed by atoms with van der Waals surface area (Å²) in [6, 6.07) is 7.05. The molecule has 0 radical (unpaired) electrons. The first-order chi connectivity index (χ1) is 10.0. The number of amides is 2. The molecule has 0 atom stereocenters. The first-order valence-corrected chi connectivity index (χ1v) is 8.12. The van der Waals surface area contributed by atoms with E-state index in [1.54, 1.807) is 23.9 Å². The fourth-order valence-electron chi connectivity index (χ4n) is 2.14. The van der Waals surface area contributed by atoms with Crippen molar-refractivity contribution in [2.45, 2.75) is 30.6 Å². The maximum Gasteiger partial charge on any atom is 0.315 e. The summed E-state index contributed by atoms with van der Waals surface area (Å²) in [6.45, 7) is 1.01. The molecule has 0 bridgehead atoms. The summed E-state index contributed by atoms with van der Waals surface area (Å²) in [6.07, 6.45) is 4.33. The normalized spacial score (nSPS) is 15.3. The average molecular weight is 308 g/mol. The number of benzene rings is 1. The Kier molecular flexibility index (Phi) is 5.12. The molecule has 1 aromatic rings. The van der Waals surface area contributed by atoms with Crippen LogP contribution < -0.4 is 10.6 Å². The van der Waals surface area contributed by atoms with Crippen LogP contribution in [0.3, 0.4) is 0 Å². The number of carboxylic acids is 1. The van der Waals surface area contributed by atoms with Crippen LogP contribution in [0.15, 0.2) is 24.3 Å². The highest BCUT2D eigenvalue weighted by Gasteiger charge is 2.41. The molecule has 21 heavy (non-hydrogen) atoms. The Morgan fingerprint density at radius 2 is 1.90 bits per heavy atom. The minimum atomic E-state index is -0.873. The molecule has 114 valence electrons. The fraction of sp³-hybridized carbons (Fsp3) is 0.467. The van der Waals surface area contributed by atoms with Gasteiger partial charge in [-0.05, 0) is 30.2 Å². The van der Waals surface area contributed by atoms with Crippen LogP contribution in [-0.4, -0.2) is 34.7 Å². The van der Waals surface area contributed by atoms with E-state index in [-0.39, 0.29) is 17.2 Å². The van der Waals surface area contributed by atoms with Crippen LogP contribution in [0.5, 0.6) is 0 Å². The van der Waals surface area contributed by atoms with Crippen molar-refractivity contribution in [2.24, 2.45) is 0 Å². The third-order valence-corrected chi connectivity index (χ3v) is 5.13. The minimum absolute atomic E-state index is 0.0327. The summed E-state index contributed by atoms with van der Waals surface area (Å²) in [5.41, 5.74) is 1.56. The number of carbonyl (C=O) groups is 2. The van der Waals surface area contributed by atoms with Gasteiger partial charge in [0.2, 0.25) is 0 Å². The third kappa shape index (κ3) is 4.67. The monoisotopic (exact) mass is 308 g/mol. The van der Waals surface area contributed by atoms with Crippen LogP contribution >= 0.6 is 11.8 Å². The molecule has 0 spiro atoms. The maximum absolute atomic E-state index is 11.8. The number of aliphatic carboxylic acids is 1. The Labute approximate surface area is 128 Å². The quantitative estimate of drug-likeness (QED) is 0.720. The lowest BCUT2D eigenvalue weighted by Gasteiger charge is -2.14. The van der Waals surface area contributed by atoms with Gasteiger partial charge in [-0.15, -0.1) is 0 Å². The van der Waals surface area contributed by atoms with Gasteiger partial charge in [0.25, 0.3) is 0 Å². The number of carboxylic acid groups (broad SMARTS) is 1. The number of hydrogen-bond acceptors (Lipinski definition) is 3. The first kappa shape index (κ1) is 15.7. The lowest BCUT2D eigenvalue weighted by Crippen LogP contribution is -2.39. The van der Waals surface area contributed by atoms with Crippen LogP contribution in [0.25, 0.3) is 0 Å². The molecule has 0 unspecified atom stereocenters. The van der Waals surface area contributed by atoms with Gasteiger partial charge in [-0.25, -0.2) is 4.79 Å². The lowest BCUT2D eigenvalue weighted by atomic mass is 10.0. The van der Waals surface area contributed by atoms with Crippen molar-refractivity contribution in [2.75, 3.05) is 12.8 Å². The highest BCUT2D eigenvalue weighted by Crippen LogP contribution is 2.46. The first-order valence-electron chi connectivity index (χ1n) is 6.90. The molecule has 0 saturated heterocycles. The molecule has 3 N–H and O–H groups in total. The van der Waals surface area contributed by atoms with Gasteiger partial charge in [0, 0.05) is 17.8 Å². The third-order valence-electron chi connectivity index (χ3n) is 3.71. The maximum atomic E-state index is 11.8. The lowest BCUT2D eigenvalue weighted by molar-refractivity contribution is -0.136. The van der Waals surface area contributed by atoms with Crippen molar-refractivity contribution in [3.05, 3.63) is 35.4 Å². The molecule has 1 aliphatic carbocycles. The van der Waals surface area contributed by atoms with Crippen molar-refractivity contribution in [3.63, 3.8) is 0 Å². The molecule has 0 aliphatic heterocycles. The number of nitrogens with one attached hydrogen (secondary N) is 2. The number of urea groups is 1. The molecule has 5 nitrogen and oxygen atoms in total. The Balaban J connectivity index is 1.82. The van der Waals surface area contributed by atoms with E-state index in [4.69, 9.17) is 5.11 Å². The average Bonchev–Trinajstić information content (AvgIpc) is 3.24. The molecule has 0 aromatic heterocycles. The highest BCUT2D eigenvalue weighted by atomic mass is 32.2. The fourth-order valence-corrected chi connectivity index (χ4v) is 2.86. The number of carbonyl (C=O) groups excluding carboxylic acids is 1.